The topological polar surface area (TPSA) is 127 Å². The number of benzene rings is 3. The summed E-state index contributed by atoms with van der Waals surface area (Å²) in [6.45, 7) is 9.09. The quantitative estimate of drug-likeness (QED) is 0.210. The predicted octanol–water partition coefficient (Wildman–Crippen LogP) is 7.21. The van der Waals surface area contributed by atoms with Crippen LogP contribution >= 0.6 is 11.3 Å². The van der Waals surface area contributed by atoms with Crippen LogP contribution in [0.15, 0.2) is 83.9 Å². The summed E-state index contributed by atoms with van der Waals surface area (Å²) in [5.41, 5.74) is 2.35. The molecule has 1 saturated heterocycles. The molecule has 0 bridgehead atoms. The van der Waals surface area contributed by atoms with E-state index in [1.54, 1.807) is 65.1 Å². The minimum absolute atomic E-state index is 0.0271. The summed E-state index contributed by atoms with van der Waals surface area (Å²) in [6, 6.07) is 21.5. The van der Waals surface area contributed by atoms with Crippen LogP contribution in [0.4, 0.5) is 21.0 Å². The Morgan fingerprint density at radius 2 is 1.77 bits per heavy atom. The maximum Gasteiger partial charge on any atom is 0.415 e. The molecule has 44 heavy (non-hydrogen) atoms. The lowest BCUT2D eigenvalue weighted by molar-refractivity contribution is 0.130. The maximum atomic E-state index is 13.7. The molecule has 1 aliphatic rings. The fraction of sp³-hybridized carbons (Fsp3) is 0.281. The van der Waals surface area contributed by atoms with Gasteiger partial charge in [0.2, 0.25) is 10.0 Å². The number of thiazole rings is 1. The van der Waals surface area contributed by atoms with Crippen molar-refractivity contribution in [2.24, 2.45) is 0 Å². The van der Waals surface area contributed by atoms with E-state index in [4.69, 9.17) is 9.47 Å². The van der Waals surface area contributed by atoms with Crippen molar-refractivity contribution < 1.29 is 27.5 Å². The van der Waals surface area contributed by atoms with E-state index in [-0.39, 0.29) is 17.5 Å². The summed E-state index contributed by atoms with van der Waals surface area (Å²) >= 11 is 1.33. The first kappa shape index (κ1) is 31.2. The van der Waals surface area contributed by atoms with Crippen molar-refractivity contribution in [1.29, 1.82) is 0 Å². The van der Waals surface area contributed by atoms with Crippen LogP contribution < -0.4 is 14.9 Å². The monoisotopic (exact) mass is 634 g/mol. The molecule has 4 aromatic rings. The van der Waals surface area contributed by atoms with Crippen LogP contribution in [0.5, 0.6) is 0 Å². The summed E-state index contributed by atoms with van der Waals surface area (Å²) < 4.78 is 41.0. The highest BCUT2D eigenvalue weighted by molar-refractivity contribution is 7.89. The lowest BCUT2D eigenvalue weighted by Gasteiger charge is -2.22. The number of carbonyl (C=O) groups excluding carboxylic acids is 2. The number of nitrogens with zero attached hydrogens (tertiary/aromatic N) is 2. The normalized spacial score (nSPS) is 15.4. The molecule has 5 rings (SSSR count). The number of aromatic nitrogens is 1. The van der Waals surface area contributed by atoms with Crippen LogP contribution in [0.25, 0.3) is 21.0 Å². The minimum atomic E-state index is -4.02. The van der Waals surface area contributed by atoms with Crippen molar-refractivity contribution in [2.75, 3.05) is 16.8 Å². The number of carbonyl (C=O) groups is 2. The Kier molecular flexibility index (Phi) is 8.78. The number of rotatable bonds is 8. The molecule has 0 radical (unpaired) electrons. The second kappa shape index (κ2) is 12.4. The van der Waals surface area contributed by atoms with Crippen molar-refractivity contribution in [3.8, 4) is 21.0 Å². The van der Waals surface area contributed by atoms with Gasteiger partial charge in [-0.15, -0.1) is 11.3 Å². The van der Waals surface area contributed by atoms with E-state index in [1.165, 1.54) is 22.3 Å². The number of sulfonamides is 1. The van der Waals surface area contributed by atoms with Gasteiger partial charge >= 0.3 is 12.2 Å². The van der Waals surface area contributed by atoms with E-state index >= 15 is 0 Å². The number of cyclic esters (lactones) is 1. The molecule has 1 unspecified atom stereocenters. The average Bonchev–Trinajstić information content (AvgIpc) is 3.59. The zero-order valence-corrected chi connectivity index (χ0v) is 26.7. The Morgan fingerprint density at radius 1 is 1.07 bits per heavy atom. The fourth-order valence-electron chi connectivity index (χ4n) is 4.67. The molecule has 0 spiro atoms. The molecule has 1 aromatic heterocycles. The fourth-order valence-corrected chi connectivity index (χ4v) is 7.35. The van der Waals surface area contributed by atoms with Crippen LogP contribution in [0.1, 0.15) is 46.3 Å². The SMILES string of the molecule is CC(C)OC(=O)Nc1ccc(-c2ncc(-c3ccc(N4CC(c5ccccc5)OC4=O)cc3S(=O)(=O)NC(C)(C)C)s2)cc1. The smallest absolute Gasteiger partial charge is 0.415 e. The number of nitrogens with one attached hydrogen (secondary N) is 2. The van der Waals surface area contributed by atoms with Crippen molar-refractivity contribution in [3.63, 3.8) is 0 Å². The van der Waals surface area contributed by atoms with Crippen molar-refractivity contribution in [3.05, 3.63) is 84.6 Å². The van der Waals surface area contributed by atoms with E-state index < -0.39 is 33.9 Å². The molecule has 230 valence electrons. The van der Waals surface area contributed by atoms with E-state index in [0.717, 1.165) is 11.1 Å². The third-order valence-corrected chi connectivity index (χ3v) is 9.36. The Bertz CT molecular complexity index is 1760. The van der Waals surface area contributed by atoms with Gasteiger partial charge < -0.3 is 9.47 Å². The number of amides is 2. The van der Waals surface area contributed by atoms with Crippen molar-refractivity contribution >= 4 is 44.9 Å². The lowest BCUT2D eigenvalue weighted by Crippen LogP contribution is -2.40. The standard InChI is InChI=1S/C32H34N4O6S2/c1-20(2)41-30(37)34-23-13-11-22(12-14-23)29-33-18-27(43-29)25-16-15-24(17-28(25)44(39,40)35-32(3,4)5)36-19-26(42-31(36)38)21-9-7-6-8-10-21/h6-18,20,26,35H,19H2,1-5H3,(H,34,37). The van der Waals surface area contributed by atoms with Gasteiger partial charge in [0, 0.05) is 34.2 Å². The Morgan fingerprint density at radius 3 is 2.43 bits per heavy atom. The molecule has 2 N–H and O–H groups in total. The predicted molar refractivity (Wildman–Crippen MR) is 171 cm³/mol. The number of ether oxygens (including phenoxy) is 2. The molecule has 2 amide bonds. The molecular formula is C32H34N4O6S2. The molecule has 0 saturated carbocycles. The molecule has 1 aliphatic heterocycles. The highest BCUT2D eigenvalue weighted by Gasteiger charge is 2.35. The summed E-state index contributed by atoms with van der Waals surface area (Å²) in [7, 11) is -4.02. The Labute approximate surface area is 261 Å². The van der Waals surface area contributed by atoms with Crippen molar-refractivity contribution in [2.45, 2.75) is 57.3 Å². The van der Waals surface area contributed by atoms with Crippen LogP contribution in [0.2, 0.25) is 0 Å². The zero-order valence-electron chi connectivity index (χ0n) is 25.0. The third-order valence-electron chi connectivity index (χ3n) is 6.48. The summed E-state index contributed by atoms with van der Waals surface area (Å²) in [6.07, 6.45) is -0.160. The highest BCUT2D eigenvalue weighted by atomic mass is 32.2. The van der Waals surface area contributed by atoms with Crippen LogP contribution in [0, 0.1) is 0 Å². The van der Waals surface area contributed by atoms with Gasteiger partial charge in [-0.05, 0) is 76.6 Å². The molecule has 10 nitrogen and oxygen atoms in total. The molecular weight excluding hydrogens is 601 g/mol. The minimum Gasteiger partial charge on any atom is -0.447 e. The van der Waals surface area contributed by atoms with E-state index in [1.807, 2.05) is 42.5 Å². The molecule has 0 aliphatic carbocycles. The van der Waals surface area contributed by atoms with Crippen molar-refractivity contribution in [1.82, 2.24) is 9.71 Å². The maximum absolute atomic E-state index is 13.7. The average molecular weight is 635 g/mol. The largest absolute Gasteiger partial charge is 0.447 e. The Hall–Kier alpha value is -4.26. The molecule has 12 heteroatoms. The first-order valence-corrected chi connectivity index (χ1v) is 16.3. The van der Waals surface area contributed by atoms with E-state index in [0.29, 0.717) is 26.8 Å². The summed E-state index contributed by atoms with van der Waals surface area (Å²) in [4.78, 5) is 31.5. The molecule has 3 aromatic carbocycles. The van der Waals surface area contributed by atoms with Gasteiger partial charge in [-0.1, -0.05) is 36.4 Å². The van der Waals surface area contributed by atoms with Gasteiger partial charge in [0.15, 0.2) is 0 Å². The first-order chi connectivity index (χ1) is 20.8. The number of hydrogen-bond acceptors (Lipinski definition) is 8. The molecule has 1 fully saturated rings. The molecule has 2 heterocycles. The van der Waals surface area contributed by atoms with Gasteiger partial charge in [-0.3, -0.25) is 10.2 Å². The highest BCUT2D eigenvalue weighted by Crippen LogP contribution is 2.39. The zero-order chi connectivity index (χ0) is 31.6. The van der Waals surface area contributed by atoms with Gasteiger partial charge in [0.1, 0.15) is 11.1 Å². The Balaban J connectivity index is 1.46. The lowest BCUT2D eigenvalue weighted by atomic mass is 10.1. The molecule has 1 atom stereocenters. The van der Waals surface area contributed by atoms with Crippen LogP contribution in [-0.4, -0.2) is 43.8 Å². The van der Waals surface area contributed by atoms with Gasteiger partial charge in [-0.25, -0.2) is 27.7 Å². The van der Waals surface area contributed by atoms with Crippen LogP contribution in [0.3, 0.4) is 0 Å². The first-order valence-electron chi connectivity index (χ1n) is 14.0. The van der Waals surface area contributed by atoms with Crippen LogP contribution in [-0.2, 0) is 19.5 Å². The second-order valence-electron chi connectivity index (χ2n) is 11.6. The van der Waals surface area contributed by atoms with E-state index in [2.05, 4.69) is 15.0 Å². The van der Waals surface area contributed by atoms with Gasteiger partial charge in [0.25, 0.3) is 0 Å². The van der Waals surface area contributed by atoms with Gasteiger partial charge in [0.05, 0.1) is 22.4 Å². The summed E-state index contributed by atoms with van der Waals surface area (Å²) in [5, 5.41) is 3.35. The third kappa shape index (κ3) is 7.26. The summed E-state index contributed by atoms with van der Waals surface area (Å²) in [5.74, 6) is 0. The number of anilines is 2. The van der Waals surface area contributed by atoms with E-state index in [9.17, 15) is 18.0 Å². The number of hydrogen-bond donors (Lipinski definition) is 2. The second-order valence-corrected chi connectivity index (χ2v) is 14.3. The van der Waals surface area contributed by atoms with Gasteiger partial charge in [-0.2, -0.15) is 0 Å².